The highest BCUT2D eigenvalue weighted by Gasteiger charge is 2.04. The van der Waals surface area contributed by atoms with E-state index in [9.17, 15) is 9.90 Å². The predicted molar refractivity (Wildman–Crippen MR) is 85.4 cm³/mol. The molecule has 2 aromatic rings. The second-order valence-electron chi connectivity index (χ2n) is 4.95. The van der Waals surface area contributed by atoms with Gasteiger partial charge in [0, 0.05) is 17.2 Å². The van der Waals surface area contributed by atoms with Gasteiger partial charge in [-0.05, 0) is 38.1 Å². The number of nitrogens with one attached hydrogen (secondary N) is 1. The fourth-order valence-electron chi connectivity index (χ4n) is 1.79. The summed E-state index contributed by atoms with van der Waals surface area (Å²) in [5.41, 5.74) is 3.42. The molecule has 114 valence electrons. The predicted octanol–water partition coefficient (Wildman–Crippen LogP) is 2.94. The Morgan fingerprint density at radius 2 is 1.95 bits per heavy atom. The van der Waals surface area contributed by atoms with Crippen LogP contribution in [-0.2, 0) is 0 Å². The van der Waals surface area contributed by atoms with Crippen molar-refractivity contribution in [1.29, 1.82) is 0 Å². The highest BCUT2D eigenvalue weighted by molar-refractivity contribution is 5.95. The molecule has 5 heteroatoms. The zero-order valence-electron chi connectivity index (χ0n) is 12.5. The van der Waals surface area contributed by atoms with Gasteiger partial charge in [0.25, 0.3) is 5.91 Å². The van der Waals surface area contributed by atoms with Gasteiger partial charge in [0.1, 0.15) is 11.5 Å². The molecule has 5 nitrogen and oxygen atoms in total. The third-order valence-corrected chi connectivity index (χ3v) is 2.78. The Kier molecular flexibility index (Phi) is 5.14. The van der Waals surface area contributed by atoms with Crippen LogP contribution in [0.4, 0.5) is 0 Å². The minimum absolute atomic E-state index is 0.0316. The number of amides is 1. The first-order valence-electron chi connectivity index (χ1n) is 6.94. The lowest BCUT2D eigenvalue weighted by Crippen LogP contribution is -2.17. The van der Waals surface area contributed by atoms with Gasteiger partial charge >= 0.3 is 0 Å². The van der Waals surface area contributed by atoms with Gasteiger partial charge in [-0.15, -0.1) is 0 Å². The van der Waals surface area contributed by atoms with E-state index in [-0.39, 0.29) is 17.8 Å². The van der Waals surface area contributed by atoms with E-state index >= 15 is 0 Å². The van der Waals surface area contributed by atoms with Crippen LogP contribution in [0.2, 0.25) is 0 Å². The third kappa shape index (κ3) is 4.34. The Morgan fingerprint density at radius 1 is 1.23 bits per heavy atom. The smallest absolute Gasteiger partial charge is 0.271 e. The van der Waals surface area contributed by atoms with Crippen LogP contribution in [0.1, 0.15) is 29.8 Å². The van der Waals surface area contributed by atoms with E-state index in [1.807, 2.05) is 19.9 Å². The molecular formula is C17H18N2O3. The van der Waals surface area contributed by atoms with Crippen LogP contribution in [0, 0.1) is 0 Å². The van der Waals surface area contributed by atoms with E-state index in [4.69, 9.17) is 4.74 Å². The summed E-state index contributed by atoms with van der Waals surface area (Å²) >= 11 is 0. The molecule has 22 heavy (non-hydrogen) atoms. The Morgan fingerprint density at radius 3 is 2.59 bits per heavy atom. The number of hydrazone groups is 1. The maximum atomic E-state index is 11.8. The molecule has 0 aliphatic rings. The first-order chi connectivity index (χ1) is 10.6. The molecule has 2 N–H and O–H groups in total. The summed E-state index contributed by atoms with van der Waals surface area (Å²) in [6.45, 7) is 3.82. The summed E-state index contributed by atoms with van der Waals surface area (Å²) in [7, 11) is 0. The molecule has 0 fully saturated rings. The summed E-state index contributed by atoms with van der Waals surface area (Å²) in [6.07, 6.45) is 1.42. The van der Waals surface area contributed by atoms with Crippen LogP contribution >= 0.6 is 0 Å². The number of ether oxygens (including phenoxy) is 1. The SMILES string of the molecule is CC(C)Oc1ccc(/C=N\NC(=O)c2ccccc2)c(O)c1. The minimum atomic E-state index is -0.309. The average molecular weight is 298 g/mol. The van der Waals surface area contributed by atoms with E-state index in [1.165, 1.54) is 12.3 Å². The summed E-state index contributed by atoms with van der Waals surface area (Å²) in [5.74, 6) is 0.310. The summed E-state index contributed by atoms with van der Waals surface area (Å²) in [6, 6.07) is 13.7. The molecule has 0 bridgehead atoms. The number of phenolic OH excluding ortho intramolecular Hbond substituents is 1. The number of nitrogens with zero attached hydrogens (tertiary/aromatic N) is 1. The number of phenols is 1. The fraction of sp³-hybridized carbons (Fsp3) is 0.176. The molecule has 1 amide bonds. The number of hydrogen-bond acceptors (Lipinski definition) is 4. The van der Waals surface area contributed by atoms with Crippen molar-refractivity contribution in [3.05, 3.63) is 59.7 Å². The fourth-order valence-corrected chi connectivity index (χ4v) is 1.79. The van der Waals surface area contributed by atoms with Crippen molar-refractivity contribution in [2.45, 2.75) is 20.0 Å². The maximum absolute atomic E-state index is 11.8. The van der Waals surface area contributed by atoms with Crippen molar-refractivity contribution in [2.24, 2.45) is 5.10 Å². The minimum Gasteiger partial charge on any atom is -0.507 e. The molecule has 0 saturated carbocycles. The first kappa shape index (κ1) is 15.6. The standard InChI is InChI=1S/C17H18N2O3/c1-12(2)22-15-9-8-14(16(20)10-15)11-18-19-17(21)13-6-4-3-5-7-13/h3-12,20H,1-2H3,(H,19,21)/b18-11-. The van der Waals surface area contributed by atoms with Crippen LogP contribution in [-0.4, -0.2) is 23.3 Å². The molecule has 0 aliphatic carbocycles. The second kappa shape index (κ2) is 7.26. The monoisotopic (exact) mass is 298 g/mol. The van der Waals surface area contributed by atoms with Crippen molar-refractivity contribution >= 4 is 12.1 Å². The van der Waals surface area contributed by atoms with Gasteiger partial charge in [-0.2, -0.15) is 5.10 Å². The summed E-state index contributed by atoms with van der Waals surface area (Å²) in [4.78, 5) is 11.8. The molecule has 0 radical (unpaired) electrons. The molecule has 2 aromatic carbocycles. The third-order valence-electron chi connectivity index (χ3n) is 2.78. The van der Waals surface area contributed by atoms with Gasteiger partial charge in [-0.25, -0.2) is 5.43 Å². The quantitative estimate of drug-likeness (QED) is 0.658. The number of carbonyl (C=O) groups excluding carboxylic acids is 1. The van der Waals surface area contributed by atoms with Crippen LogP contribution in [0.25, 0.3) is 0 Å². The number of rotatable bonds is 5. The summed E-state index contributed by atoms with van der Waals surface area (Å²) < 4.78 is 5.48. The topological polar surface area (TPSA) is 70.9 Å². The van der Waals surface area contributed by atoms with Crippen LogP contribution in [0.5, 0.6) is 11.5 Å². The molecule has 0 saturated heterocycles. The zero-order chi connectivity index (χ0) is 15.9. The van der Waals surface area contributed by atoms with Crippen molar-refractivity contribution in [3.63, 3.8) is 0 Å². The molecular weight excluding hydrogens is 280 g/mol. The normalized spacial score (nSPS) is 10.9. The molecule has 0 atom stereocenters. The lowest BCUT2D eigenvalue weighted by Gasteiger charge is -2.10. The Labute approximate surface area is 129 Å². The lowest BCUT2D eigenvalue weighted by atomic mass is 10.2. The van der Waals surface area contributed by atoms with E-state index in [0.29, 0.717) is 16.9 Å². The maximum Gasteiger partial charge on any atom is 0.271 e. The Bertz CT molecular complexity index is 667. The van der Waals surface area contributed by atoms with Crippen LogP contribution in [0.15, 0.2) is 53.6 Å². The van der Waals surface area contributed by atoms with Gasteiger partial charge in [-0.1, -0.05) is 18.2 Å². The van der Waals surface area contributed by atoms with Gasteiger partial charge in [0.05, 0.1) is 12.3 Å². The first-order valence-corrected chi connectivity index (χ1v) is 6.94. The van der Waals surface area contributed by atoms with E-state index in [2.05, 4.69) is 10.5 Å². The molecule has 0 aliphatic heterocycles. The van der Waals surface area contributed by atoms with Gasteiger partial charge in [-0.3, -0.25) is 4.79 Å². The highest BCUT2D eigenvalue weighted by Crippen LogP contribution is 2.23. The number of hydrogen-bond donors (Lipinski definition) is 2. The largest absolute Gasteiger partial charge is 0.507 e. The van der Waals surface area contributed by atoms with E-state index in [1.54, 1.807) is 36.4 Å². The number of benzene rings is 2. The zero-order valence-corrected chi connectivity index (χ0v) is 12.5. The van der Waals surface area contributed by atoms with E-state index in [0.717, 1.165) is 0 Å². The summed E-state index contributed by atoms with van der Waals surface area (Å²) in [5, 5.41) is 13.7. The average Bonchev–Trinajstić information content (AvgIpc) is 2.49. The van der Waals surface area contributed by atoms with Gasteiger partial charge in [0.15, 0.2) is 0 Å². The molecule has 0 aromatic heterocycles. The van der Waals surface area contributed by atoms with Crippen molar-refractivity contribution in [1.82, 2.24) is 5.43 Å². The molecule has 2 rings (SSSR count). The van der Waals surface area contributed by atoms with Crippen molar-refractivity contribution < 1.29 is 14.6 Å². The number of aromatic hydroxyl groups is 1. The van der Waals surface area contributed by atoms with Crippen LogP contribution < -0.4 is 10.2 Å². The van der Waals surface area contributed by atoms with Gasteiger partial charge < -0.3 is 9.84 Å². The lowest BCUT2D eigenvalue weighted by molar-refractivity contribution is 0.0955. The molecule has 0 heterocycles. The van der Waals surface area contributed by atoms with Crippen LogP contribution in [0.3, 0.4) is 0 Å². The molecule has 0 spiro atoms. The van der Waals surface area contributed by atoms with Gasteiger partial charge in [0.2, 0.25) is 0 Å². The van der Waals surface area contributed by atoms with Crippen molar-refractivity contribution in [3.8, 4) is 11.5 Å². The molecule has 0 unspecified atom stereocenters. The van der Waals surface area contributed by atoms with E-state index < -0.39 is 0 Å². The van der Waals surface area contributed by atoms with Crippen molar-refractivity contribution in [2.75, 3.05) is 0 Å². The highest BCUT2D eigenvalue weighted by atomic mass is 16.5. The Balaban J connectivity index is 2.00. The Hall–Kier alpha value is -2.82. The second-order valence-corrected chi connectivity index (χ2v) is 4.95. The number of carbonyl (C=O) groups is 1.